The van der Waals surface area contributed by atoms with E-state index >= 15 is 0 Å². The molecule has 4 nitrogen and oxygen atoms in total. The van der Waals surface area contributed by atoms with Crippen molar-refractivity contribution in [3.63, 3.8) is 0 Å². The number of carbonyl (C=O) groups is 1. The molecule has 28 heavy (non-hydrogen) atoms. The Hall–Kier alpha value is -2.66. The molecule has 0 bridgehead atoms. The van der Waals surface area contributed by atoms with Gasteiger partial charge >= 0.3 is 0 Å². The molecule has 2 aromatic carbocycles. The molecule has 0 aromatic heterocycles. The summed E-state index contributed by atoms with van der Waals surface area (Å²) >= 11 is 0. The maximum Gasteiger partial charge on any atom is 0.232 e. The lowest BCUT2D eigenvalue weighted by molar-refractivity contribution is 0.101. The van der Waals surface area contributed by atoms with Crippen LogP contribution in [0.1, 0.15) is 53.2 Å². The number of halogens is 1. The van der Waals surface area contributed by atoms with Gasteiger partial charge in [-0.25, -0.2) is 4.39 Å². The minimum atomic E-state index is -0.413. The number of nitrogens with zero attached hydrogens (tertiary/aromatic N) is 1. The summed E-state index contributed by atoms with van der Waals surface area (Å²) < 4.78 is 19.9. The lowest BCUT2D eigenvalue weighted by Gasteiger charge is -2.33. The van der Waals surface area contributed by atoms with E-state index in [0.717, 1.165) is 19.4 Å². The third-order valence-corrected chi connectivity index (χ3v) is 5.71. The van der Waals surface area contributed by atoms with Crippen LogP contribution in [0, 0.1) is 12.7 Å². The largest absolute Gasteiger partial charge is 0.507 e. The quantitative estimate of drug-likeness (QED) is 0.774. The number of rotatable bonds is 3. The normalized spacial score (nSPS) is 21.0. The second kappa shape index (κ2) is 7.40. The third kappa shape index (κ3) is 3.31. The number of aryl methyl sites for hydroxylation is 1. The number of Topliss-reactive ketones (excluding diaryl/α,β-unsaturated/α-hetero) is 1. The van der Waals surface area contributed by atoms with Crippen molar-refractivity contribution < 1.29 is 19.0 Å². The highest BCUT2D eigenvalue weighted by Gasteiger charge is 2.34. The molecule has 2 aliphatic heterocycles. The van der Waals surface area contributed by atoms with Gasteiger partial charge in [0.15, 0.2) is 5.76 Å². The van der Waals surface area contributed by atoms with Crippen LogP contribution in [0.2, 0.25) is 0 Å². The van der Waals surface area contributed by atoms with Gasteiger partial charge in [0.2, 0.25) is 5.78 Å². The second-order valence-electron chi connectivity index (χ2n) is 7.67. The van der Waals surface area contributed by atoms with Crippen molar-refractivity contribution in [2.45, 2.75) is 45.7 Å². The van der Waals surface area contributed by atoms with Crippen molar-refractivity contribution in [3.8, 4) is 11.5 Å². The number of ether oxygens (including phenoxy) is 1. The Morgan fingerprint density at radius 2 is 2.11 bits per heavy atom. The third-order valence-electron chi connectivity index (χ3n) is 5.71. The van der Waals surface area contributed by atoms with Crippen LogP contribution in [-0.2, 0) is 6.54 Å². The first-order valence-electron chi connectivity index (χ1n) is 9.74. The minimum Gasteiger partial charge on any atom is -0.507 e. The lowest BCUT2D eigenvalue weighted by Crippen LogP contribution is -2.36. The molecule has 146 valence electrons. The molecule has 1 N–H and O–H groups in total. The standard InChI is InChI=1S/C23H24FNO3/c1-14-11-19(26)17(13-25-10-6-5-7-15(25)2)23-21(14)22(27)20(28-23)12-16-8-3-4-9-18(16)24/h3-4,8-9,11-12,15,26H,5-7,10,13H2,1-2H3/b20-12-. The molecule has 1 fully saturated rings. The number of hydrogen-bond acceptors (Lipinski definition) is 4. The Kier molecular flexibility index (Phi) is 4.94. The molecular formula is C23H24FNO3. The van der Waals surface area contributed by atoms with Gasteiger partial charge in [-0.2, -0.15) is 0 Å². The van der Waals surface area contributed by atoms with Gasteiger partial charge in [0.25, 0.3) is 0 Å². The molecule has 2 aliphatic rings. The van der Waals surface area contributed by atoms with E-state index in [9.17, 15) is 14.3 Å². The fraction of sp³-hybridized carbons (Fsp3) is 0.348. The zero-order chi connectivity index (χ0) is 19.8. The Morgan fingerprint density at radius 1 is 1.32 bits per heavy atom. The SMILES string of the molecule is Cc1cc(O)c(CN2CCCCC2C)c2c1C(=O)/C(=C/c1ccccc1F)O2. The number of piperidine rings is 1. The molecule has 0 saturated carbocycles. The summed E-state index contributed by atoms with van der Waals surface area (Å²) in [7, 11) is 0. The Labute approximate surface area is 164 Å². The molecular weight excluding hydrogens is 357 g/mol. The maximum absolute atomic E-state index is 14.0. The first-order valence-corrected chi connectivity index (χ1v) is 9.74. The Bertz CT molecular complexity index is 967. The first kappa shape index (κ1) is 18.7. The molecule has 1 atom stereocenters. The second-order valence-corrected chi connectivity index (χ2v) is 7.67. The average molecular weight is 381 g/mol. The van der Waals surface area contributed by atoms with Gasteiger partial charge in [0, 0.05) is 18.2 Å². The molecule has 0 radical (unpaired) electrons. The highest BCUT2D eigenvalue weighted by molar-refractivity contribution is 6.15. The molecule has 1 saturated heterocycles. The average Bonchev–Trinajstić information content (AvgIpc) is 2.99. The van der Waals surface area contributed by atoms with Crippen molar-refractivity contribution in [2.24, 2.45) is 0 Å². The number of fused-ring (bicyclic) bond motifs is 1. The first-order chi connectivity index (χ1) is 13.5. The van der Waals surface area contributed by atoms with Crippen LogP contribution in [0.25, 0.3) is 6.08 Å². The molecule has 2 aromatic rings. The zero-order valence-electron chi connectivity index (χ0n) is 16.2. The molecule has 4 rings (SSSR count). The van der Waals surface area contributed by atoms with Gasteiger partial charge in [-0.05, 0) is 57.0 Å². The van der Waals surface area contributed by atoms with Crippen molar-refractivity contribution >= 4 is 11.9 Å². The summed E-state index contributed by atoms with van der Waals surface area (Å²) in [6.07, 6.45) is 4.88. The molecule has 1 unspecified atom stereocenters. The molecule has 0 spiro atoms. The zero-order valence-corrected chi connectivity index (χ0v) is 16.2. The van der Waals surface area contributed by atoms with Crippen LogP contribution in [-0.4, -0.2) is 28.4 Å². The molecule has 2 heterocycles. The highest BCUT2D eigenvalue weighted by Crippen LogP contribution is 2.42. The molecule has 0 amide bonds. The number of aromatic hydroxyl groups is 1. The van der Waals surface area contributed by atoms with Crippen molar-refractivity contribution in [1.82, 2.24) is 4.90 Å². The topological polar surface area (TPSA) is 49.8 Å². The van der Waals surface area contributed by atoms with Gasteiger partial charge in [-0.15, -0.1) is 0 Å². The van der Waals surface area contributed by atoms with Gasteiger partial charge < -0.3 is 9.84 Å². The number of phenols is 1. The van der Waals surface area contributed by atoms with Crippen LogP contribution in [0.5, 0.6) is 11.5 Å². The van der Waals surface area contributed by atoms with E-state index in [2.05, 4.69) is 11.8 Å². The number of carbonyl (C=O) groups excluding carboxylic acids is 1. The van der Waals surface area contributed by atoms with E-state index in [1.165, 1.54) is 18.6 Å². The van der Waals surface area contributed by atoms with E-state index in [1.807, 2.05) is 0 Å². The Morgan fingerprint density at radius 3 is 2.86 bits per heavy atom. The van der Waals surface area contributed by atoms with E-state index < -0.39 is 5.82 Å². The molecule has 0 aliphatic carbocycles. The summed E-state index contributed by atoms with van der Waals surface area (Å²) in [5.41, 5.74) is 2.04. The van der Waals surface area contributed by atoms with Gasteiger partial charge in [-0.3, -0.25) is 9.69 Å². The summed E-state index contributed by atoms with van der Waals surface area (Å²) in [6, 6.07) is 8.29. The summed E-state index contributed by atoms with van der Waals surface area (Å²) in [4.78, 5) is 15.2. The van der Waals surface area contributed by atoms with E-state index in [-0.39, 0.29) is 17.3 Å². The number of benzene rings is 2. The number of likely N-dealkylation sites (tertiary alicyclic amines) is 1. The predicted octanol–water partition coefficient (Wildman–Crippen LogP) is 4.83. The van der Waals surface area contributed by atoms with E-state index in [1.54, 1.807) is 31.2 Å². The van der Waals surface area contributed by atoms with E-state index in [0.29, 0.717) is 40.6 Å². The lowest BCUT2D eigenvalue weighted by atomic mass is 9.97. The maximum atomic E-state index is 14.0. The number of allylic oxidation sites excluding steroid dienone is 1. The number of hydrogen-bond donors (Lipinski definition) is 1. The van der Waals surface area contributed by atoms with Gasteiger partial charge in [0.05, 0.1) is 11.1 Å². The minimum absolute atomic E-state index is 0.0849. The summed E-state index contributed by atoms with van der Waals surface area (Å²) in [5.74, 6) is -0.0634. The van der Waals surface area contributed by atoms with Gasteiger partial charge in [0.1, 0.15) is 17.3 Å². The molecule has 5 heteroatoms. The van der Waals surface area contributed by atoms with Crippen molar-refractivity contribution in [2.75, 3.05) is 6.54 Å². The monoisotopic (exact) mass is 381 g/mol. The van der Waals surface area contributed by atoms with Crippen LogP contribution < -0.4 is 4.74 Å². The van der Waals surface area contributed by atoms with Gasteiger partial charge in [-0.1, -0.05) is 24.6 Å². The van der Waals surface area contributed by atoms with Crippen LogP contribution >= 0.6 is 0 Å². The summed E-state index contributed by atoms with van der Waals surface area (Å²) in [5, 5.41) is 10.6. The Balaban J connectivity index is 1.73. The van der Waals surface area contributed by atoms with E-state index in [4.69, 9.17) is 4.74 Å². The summed E-state index contributed by atoms with van der Waals surface area (Å²) in [6.45, 7) is 5.43. The van der Waals surface area contributed by atoms with Crippen LogP contribution in [0.4, 0.5) is 4.39 Å². The number of ketones is 1. The fourth-order valence-corrected chi connectivity index (χ4v) is 4.06. The van der Waals surface area contributed by atoms with Crippen molar-refractivity contribution in [1.29, 1.82) is 0 Å². The van der Waals surface area contributed by atoms with Crippen molar-refractivity contribution in [3.05, 3.63) is 64.2 Å². The number of phenolic OH excluding ortho intramolecular Hbond substituents is 1. The highest BCUT2D eigenvalue weighted by atomic mass is 19.1. The smallest absolute Gasteiger partial charge is 0.232 e. The predicted molar refractivity (Wildman–Crippen MR) is 106 cm³/mol. The fourth-order valence-electron chi connectivity index (χ4n) is 4.06. The van der Waals surface area contributed by atoms with Crippen LogP contribution in [0.3, 0.4) is 0 Å². The van der Waals surface area contributed by atoms with Crippen LogP contribution in [0.15, 0.2) is 36.1 Å².